The van der Waals surface area contributed by atoms with Crippen LogP contribution in [0.15, 0.2) is 111 Å². The summed E-state index contributed by atoms with van der Waals surface area (Å²) in [7, 11) is -7.21. The standard InChI is InChI=1S/C30H29BrN2O6S2/c1-21-11-7-9-15-27(21)40(35,36)32-26-18-17-24(31)19-25(26)30(23-13-5-4-6-14-23)33(20-29(34)39-3)41(37,38)28-16-10-8-12-22(28)2/h4-19,30,32H,20H2,1-3H3. The number of anilines is 1. The van der Waals surface area contributed by atoms with E-state index in [0.29, 0.717) is 26.7 Å². The van der Waals surface area contributed by atoms with Crippen molar-refractivity contribution in [1.29, 1.82) is 0 Å². The van der Waals surface area contributed by atoms with Crippen LogP contribution >= 0.6 is 15.9 Å². The Bertz CT molecular complexity index is 1780. The van der Waals surface area contributed by atoms with Crippen LogP contribution in [-0.2, 0) is 29.6 Å². The van der Waals surface area contributed by atoms with E-state index in [0.717, 1.165) is 4.31 Å². The first-order valence-electron chi connectivity index (χ1n) is 12.5. The first-order valence-corrected chi connectivity index (χ1v) is 16.2. The third-order valence-electron chi connectivity index (χ3n) is 6.53. The molecule has 8 nitrogen and oxygen atoms in total. The molecule has 0 aliphatic heterocycles. The summed E-state index contributed by atoms with van der Waals surface area (Å²) in [5.74, 6) is -0.778. The lowest BCUT2D eigenvalue weighted by atomic mass is 9.97. The number of rotatable bonds is 10. The third kappa shape index (κ3) is 6.70. The van der Waals surface area contributed by atoms with Gasteiger partial charge in [-0.05, 0) is 60.9 Å². The van der Waals surface area contributed by atoms with Gasteiger partial charge in [-0.25, -0.2) is 16.8 Å². The SMILES string of the molecule is COC(=O)CN(C(c1ccccc1)c1cc(Br)ccc1NS(=O)(=O)c1ccccc1C)S(=O)(=O)c1ccccc1C. The largest absolute Gasteiger partial charge is 0.468 e. The highest BCUT2D eigenvalue weighted by Crippen LogP contribution is 2.39. The van der Waals surface area contributed by atoms with Crippen molar-refractivity contribution in [3.8, 4) is 0 Å². The van der Waals surface area contributed by atoms with Crippen LogP contribution in [0, 0.1) is 13.8 Å². The minimum atomic E-state index is -4.32. The molecule has 4 rings (SSSR count). The molecule has 41 heavy (non-hydrogen) atoms. The highest BCUT2D eigenvalue weighted by Gasteiger charge is 2.38. The molecule has 11 heteroatoms. The van der Waals surface area contributed by atoms with Gasteiger partial charge in [-0.1, -0.05) is 82.7 Å². The number of carbonyl (C=O) groups is 1. The maximum absolute atomic E-state index is 14.3. The fraction of sp³-hybridized carbons (Fsp3) is 0.167. The molecule has 0 radical (unpaired) electrons. The quantitative estimate of drug-likeness (QED) is 0.215. The monoisotopic (exact) mass is 656 g/mol. The number of halogens is 1. The maximum atomic E-state index is 14.3. The van der Waals surface area contributed by atoms with E-state index in [1.807, 2.05) is 0 Å². The summed E-state index contributed by atoms with van der Waals surface area (Å²) >= 11 is 3.46. The van der Waals surface area contributed by atoms with Gasteiger partial charge in [0.1, 0.15) is 6.54 Å². The molecule has 0 spiro atoms. The maximum Gasteiger partial charge on any atom is 0.321 e. The summed E-state index contributed by atoms with van der Waals surface area (Å²) in [6, 6.07) is 25.5. The number of benzene rings is 4. The van der Waals surface area contributed by atoms with Crippen LogP contribution < -0.4 is 4.72 Å². The summed E-state index contributed by atoms with van der Waals surface area (Å²) in [5.41, 5.74) is 2.02. The molecule has 0 aromatic heterocycles. The fourth-order valence-corrected chi connectivity index (χ4v) is 8.01. The number of nitrogens with zero attached hydrogens (tertiary/aromatic N) is 1. The van der Waals surface area contributed by atoms with E-state index in [-0.39, 0.29) is 15.5 Å². The number of hydrogen-bond donors (Lipinski definition) is 1. The van der Waals surface area contributed by atoms with Gasteiger partial charge in [0, 0.05) is 10.0 Å². The zero-order valence-corrected chi connectivity index (χ0v) is 25.8. The Balaban J connectivity index is 1.98. The van der Waals surface area contributed by atoms with Crippen molar-refractivity contribution in [2.75, 3.05) is 18.4 Å². The summed E-state index contributed by atoms with van der Waals surface area (Å²) in [6.07, 6.45) is 0. The summed E-state index contributed by atoms with van der Waals surface area (Å²) in [5, 5.41) is 0. The normalized spacial score (nSPS) is 12.6. The Morgan fingerprint density at radius 3 is 1.98 bits per heavy atom. The minimum absolute atomic E-state index is 0.0156. The van der Waals surface area contributed by atoms with Gasteiger partial charge in [0.2, 0.25) is 10.0 Å². The summed E-state index contributed by atoms with van der Waals surface area (Å²) < 4.78 is 64.9. The zero-order valence-electron chi connectivity index (χ0n) is 22.6. The number of aryl methyl sites for hydroxylation is 2. The lowest BCUT2D eigenvalue weighted by molar-refractivity contribution is -0.141. The molecule has 0 aliphatic rings. The lowest BCUT2D eigenvalue weighted by Gasteiger charge is -2.32. The van der Waals surface area contributed by atoms with Gasteiger partial charge < -0.3 is 4.74 Å². The molecule has 0 bridgehead atoms. The van der Waals surface area contributed by atoms with E-state index in [4.69, 9.17) is 4.74 Å². The molecule has 0 aliphatic carbocycles. The molecular formula is C30H29BrN2O6S2. The van der Waals surface area contributed by atoms with Crippen molar-refractivity contribution >= 4 is 47.6 Å². The number of carbonyl (C=O) groups excluding carboxylic acids is 1. The topological polar surface area (TPSA) is 110 Å². The third-order valence-corrected chi connectivity index (χ3v) is 10.5. The van der Waals surface area contributed by atoms with Crippen LogP contribution in [0.4, 0.5) is 5.69 Å². The van der Waals surface area contributed by atoms with Crippen LogP contribution in [0.3, 0.4) is 0 Å². The molecule has 0 heterocycles. The van der Waals surface area contributed by atoms with Gasteiger partial charge in [-0.15, -0.1) is 0 Å². The predicted octanol–water partition coefficient (Wildman–Crippen LogP) is 5.82. The number of hydrogen-bond acceptors (Lipinski definition) is 6. The Hall–Kier alpha value is -3.51. The molecule has 0 fully saturated rings. The zero-order chi connectivity index (χ0) is 29.8. The number of esters is 1. The van der Waals surface area contributed by atoms with Crippen LogP contribution in [0.1, 0.15) is 28.3 Å². The lowest BCUT2D eigenvalue weighted by Crippen LogP contribution is -2.40. The van der Waals surface area contributed by atoms with Gasteiger partial charge in [0.15, 0.2) is 0 Å². The first-order chi connectivity index (χ1) is 19.5. The number of sulfonamides is 2. The van der Waals surface area contributed by atoms with Crippen LogP contribution in [0.2, 0.25) is 0 Å². The van der Waals surface area contributed by atoms with Gasteiger partial charge >= 0.3 is 5.97 Å². The van der Waals surface area contributed by atoms with Crippen molar-refractivity contribution < 1.29 is 26.4 Å². The van der Waals surface area contributed by atoms with Gasteiger partial charge in [-0.2, -0.15) is 4.31 Å². The van der Waals surface area contributed by atoms with Crippen molar-refractivity contribution in [3.63, 3.8) is 0 Å². The van der Waals surface area contributed by atoms with Crippen molar-refractivity contribution in [2.24, 2.45) is 0 Å². The highest BCUT2D eigenvalue weighted by molar-refractivity contribution is 9.10. The molecular weight excluding hydrogens is 628 g/mol. The fourth-order valence-electron chi connectivity index (χ4n) is 4.53. The van der Waals surface area contributed by atoms with E-state index in [2.05, 4.69) is 20.7 Å². The molecule has 1 N–H and O–H groups in total. The van der Waals surface area contributed by atoms with E-state index in [1.54, 1.807) is 98.8 Å². The van der Waals surface area contributed by atoms with Crippen molar-refractivity contribution in [2.45, 2.75) is 29.7 Å². The predicted molar refractivity (Wildman–Crippen MR) is 162 cm³/mol. The Labute approximate surface area is 249 Å². The summed E-state index contributed by atoms with van der Waals surface area (Å²) in [4.78, 5) is 12.8. The molecule has 4 aromatic rings. The smallest absolute Gasteiger partial charge is 0.321 e. The number of ether oxygens (including phenoxy) is 1. The number of nitrogens with one attached hydrogen (secondary N) is 1. The first kappa shape index (κ1) is 30.4. The van der Waals surface area contributed by atoms with Crippen molar-refractivity contribution in [1.82, 2.24) is 4.31 Å². The molecule has 1 unspecified atom stereocenters. The molecule has 0 amide bonds. The van der Waals surface area contributed by atoms with Gasteiger partial charge in [0.05, 0.1) is 28.6 Å². The second-order valence-corrected chi connectivity index (χ2v) is 13.7. The van der Waals surface area contributed by atoms with E-state index >= 15 is 0 Å². The van der Waals surface area contributed by atoms with Crippen LogP contribution in [0.25, 0.3) is 0 Å². The Morgan fingerprint density at radius 1 is 0.829 bits per heavy atom. The molecule has 214 valence electrons. The van der Waals surface area contributed by atoms with Crippen molar-refractivity contribution in [3.05, 3.63) is 124 Å². The molecule has 0 saturated carbocycles. The molecule has 0 saturated heterocycles. The van der Waals surface area contributed by atoms with Gasteiger partial charge in [-0.3, -0.25) is 9.52 Å². The van der Waals surface area contributed by atoms with Gasteiger partial charge in [0.25, 0.3) is 10.0 Å². The average molecular weight is 658 g/mol. The van der Waals surface area contributed by atoms with Crippen LogP contribution in [0.5, 0.6) is 0 Å². The summed E-state index contributed by atoms with van der Waals surface area (Å²) in [6.45, 7) is 2.74. The second-order valence-electron chi connectivity index (χ2n) is 9.31. The molecule has 4 aromatic carbocycles. The van der Waals surface area contributed by atoms with E-state index in [1.165, 1.54) is 19.2 Å². The highest BCUT2D eigenvalue weighted by atomic mass is 79.9. The number of methoxy groups -OCH3 is 1. The van der Waals surface area contributed by atoms with Crippen LogP contribution in [-0.4, -0.2) is 40.8 Å². The Morgan fingerprint density at radius 2 is 1.39 bits per heavy atom. The van der Waals surface area contributed by atoms with E-state index < -0.39 is 38.6 Å². The average Bonchev–Trinajstić information content (AvgIpc) is 2.94. The second kappa shape index (κ2) is 12.6. The molecule has 1 atom stereocenters. The van der Waals surface area contributed by atoms with E-state index in [9.17, 15) is 21.6 Å². The minimum Gasteiger partial charge on any atom is -0.468 e. The Kier molecular flexibility index (Phi) is 9.33.